The Balaban J connectivity index is 1.67. The molecule has 0 bridgehead atoms. The summed E-state index contributed by atoms with van der Waals surface area (Å²) in [5, 5.41) is 3.48. The molecule has 1 aromatic carbocycles. The third-order valence-corrected chi connectivity index (χ3v) is 4.56. The van der Waals surface area contributed by atoms with Crippen LogP contribution in [0.1, 0.15) is 37.7 Å². The SMILES string of the molecule is CCNC1CCN(C(=O)C2CCOc3ccccc32)CC1. The molecule has 21 heavy (non-hydrogen) atoms. The molecule has 1 unspecified atom stereocenters. The fourth-order valence-corrected chi connectivity index (χ4v) is 3.41. The first-order chi connectivity index (χ1) is 10.3. The zero-order valence-corrected chi connectivity index (χ0v) is 12.7. The fraction of sp³-hybridized carbons (Fsp3) is 0.588. The van der Waals surface area contributed by atoms with E-state index in [0.29, 0.717) is 12.6 Å². The van der Waals surface area contributed by atoms with Gasteiger partial charge in [-0.25, -0.2) is 0 Å². The van der Waals surface area contributed by atoms with Crippen molar-refractivity contribution in [3.63, 3.8) is 0 Å². The van der Waals surface area contributed by atoms with Crippen LogP contribution in [-0.2, 0) is 4.79 Å². The predicted molar refractivity (Wildman–Crippen MR) is 82.6 cm³/mol. The van der Waals surface area contributed by atoms with E-state index in [1.54, 1.807) is 0 Å². The molecule has 3 rings (SSSR count). The second-order valence-corrected chi connectivity index (χ2v) is 5.88. The summed E-state index contributed by atoms with van der Waals surface area (Å²) in [6, 6.07) is 8.52. The number of rotatable bonds is 3. The maximum Gasteiger partial charge on any atom is 0.230 e. The largest absolute Gasteiger partial charge is 0.493 e. The lowest BCUT2D eigenvalue weighted by Crippen LogP contribution is -2.46. The number of nitrogens with one attached hydrogen (secondary N) is 1. The maximum absolute atomic E-state index is 12.8. The molecule has 1 saturated heterocycles. The summed E-state index contributed by atoms with van der Waals surface area (Å²) in [6.45, 7) is 5.52. The Morgan fingerprint density at radius 1 is 1.29 bits per heavy atom. The summed E-state index contributed by atoms with van der Waals surface area (Å²) in [5.41, 5.74) is 1.06. The lowest BCUT2D eigenvalue weighted by atomic mass is 9.91. The Morgan fingerprint density at radius 2 is 2.05 bits per heavy atom. The molecule has 1 N–H and O–H groups in total. The molecule has 0 spiro atoms. The first-order valence-electron chi connectivity index (χ1n) is 8.03. The highest BCUT2D eigenvalue weighted by atomic mass is 16.5. The summed E-state index contributed by atoms with van der Waals surface area (Å²) in [4.78, 5) is 14.9. The van der Waals surface area contributed by atoms with Crippen molar-refractivity contribution in [1.29, 1.82) is 0 Å². The number of carbonyl (C=O) groups excluding carboxylic acids is 1. The predicted octanol–water partition coefficient (Wildman–Crippen LogP) is 2.15. The molecule has 114 valence electrons. The standard InChI is InChI=1S/C17H24N2O2/c1-2-18-13-7-10-19(11-8-13)17(20)15-9-12-21-16-6-4-3-5-14(15)16/h3-6,13,15,18H,2,7-12H2,1H3. The number of amides is 1. The molecule has 0 saturated carbocycles. The van der Waals surface area contributed by atoms with E-state index in [9.17, 15) is 4.79 Å². The van der Waals surface area contributed by atoms with Gasteiger partial charge in [-0.1, -0.05) is 25.1 Å². The van der Waals surface area contributed by atoms with Gasteiger partial charge in [-0.15, -0.1) is 0 Å². The summed E-state index contributed by atoms with van der Waals surface area (Å²) in [6.07, 6.45) is 2.91. The number of carbonyl (C=O) groups is 1. The Morgan fingerprint density at radius 3 is 2.81 bits per heavy atom. The van der Waals surface area contributed by atoms with Crippen LogP contribution in [0.25, 0.3) is 0 Å². The normalized spacial score (nSPS) is 22.5. The zero-order valence-electron chi connectivity index (χ0n) is 12.7. The van der Waals surface area contributed by atoms with E-state index in [1.165, 1.54) is 0 Å². The van der Waals surface area contributed by atoms with Crippen molar-refractivity contribution in [1.82, 2.24) is 10.2 Å². The molecule has 2 aliphatic rings. The van der Waals surface area contributed by atoms with Crippen molar-refractivity contribution < 1.29 is 9.53 Å². The van der Waals surface area contributed by atoms with Crippen LogP contribution in [-0.4, -0.2) is 43.1 Å². The Hall–Kier alpha value is -1.55. The van der Waals surface area contributed by atoms with Gasteiger partial charge in [0, 0.05) is 24.7 Å². The molecule has 2 heterocycles. The van der Waals surface area contributed by atoms with Crippen LogP contribution in [0, 0.1) is 0 Å². The summed E-state index contributed by atoms with van der Waals surface area (Å²) in [7, 11) is 0. The quantitative estimate of drug-likeness (QED) is 0.926. The van der Waals surface area contributed by atoms with Gasteiger partial charge >= 0.3 is 0 Å². The minimum Gasteiger partial charge on any atom is -0.493 e. The molecular formula is C17H24N2O2. The first kappa shape index (κ1) is 14.4. The number of hydrogen-bond acceptors (Lipinski definition) is 3. The van der Waals surface area contributed by atoms with E-state index >= 15 is 0 Å². The van der Waals surface area contributed by atoms with Gasteiger partial charge in [-0.2, -0.15) is 0 Å². The number of ether oxygens (including phenoxy) is 1. The van der Waals surface area contributed by atoms with Crippen LogP contribution in [0.15, 0.2) is 24.3 Å². The summed E-state index contributed by atoms with van der Waals surface area (Å²) >= 11 is 0. The average Bonchev–Trinajstić information content (AvgIpc) is 2.55. The van der Waals surface area contributed by atoms with Crippen LogP contribution < -0.4 is 10.1 Å². The maximum atomic E-state index is 12.8. The second kappa shape index (κ2) is 6.48. The molecule has 0 aromatic heterocycles. The molecule has 2 aliphatic heterocycles. The molecule has 1 amide bonds. The Labute approximate surface area is 126 Å². The molecule has 0 aliphatic carbocycles. The second-order valence-electron chi connectivity index (χ2n) is 5.88. The van der Waals surface area contributed by atoms with Crippen molar-refractivity contribution in [2.75, 3.05) is 26.2 Å². The van der Waals surface area contributed by atoms with Gasteiger partial charge in [0.05, 0.1) is 12.5 Å². The average molecular weight is 288 g/mol. The van der Waals surface area contributed by atoms with Crippen molar-refractivity contribution in [2.45, 2.75) is 38.1 Å². The molecule has 4 heteroatoms. The third-order valence-electron chi connectivity index (χ3n) is 4.56. The highest BCUT2D eigenvalue weighted by Crippen LogP contribution is 2.35. The van der Waals surface area contributed by atoms with Crippen LogP contribution in [0.5, 0.6) is 5.75 Å². The zero-order chi connectivity index (χ0) is 14.7. The smallest absolute Gasteiger partial charge is 0.230 e. The van der Waals surface area contributed by atoms with Gasteiger partial charge in [0.2, 0.25) is 5.91 Å². The lowest BCUT2D eigenvalue weighted by Gasteiger charge is -2.36. The van der Waals surface area contributed by atoms with Crippen LogP contribution in [0.3, 0.4) is 0 Å². The number of piperidine rings is 1. The van der Waals surface area contributed by atoms with E-state index in [0.717, 1.165) is 50.2 Å². The minimum absolute atomic E-state index is 0.0226. The topological polar surface area (TPSA) is 41.6 Å². The van der Waals surface area contributed by atoms with Crippen molar-refractivity contribution >= 4 is 5.91 Å². The highest BCUT2D eigenvalue weighted by Gasteiger charge is 2.32. The van der Waals surface area contributed by atoms with E-state index in [2.05, 4.69) is 12.2 Å². The third kappa shape index (κ3) is 3.05. The van der Waals surface area contributed by atoms with Gasteiger partial charge in [0.25, 0.3) is 0 Å². The summed E-state index contributed by atoms with van der Waals surface area (Å²) < 4.78 is 5.66. The van der Waals surface area contributed by atoms with Gasteiger partial charge in [-0.3, -0.25) is 4.79 Å². The number of fused-ring (bicyclic) bond motifs is 1. The summed E-state index contributed by atoms with van der Waals surface area (Å²) in [5.74, 6) is 1.14. The van der Waals surface area contributed by atoms with Crippen molar-refractivity contribution in [3.8, 4) is 5.75 Å². The minimum atomic E-state index is -0.0226. The van der Waals surface area contributed by atoms with E-state index < -0.39 is 0 Å². The van der Waals surface area contributed by atoms with Gasteiger partial charge < -0.3 is 15.0 Å². The number of likely N-dealkylation sites (tertiary alicyclic amines) is 1. The molecule has 1 fully saturated rings. The van der Waals surface area contributed by atoms with E-state index in [1.807, 2.05) is 29.2 Å². The number of benzene rings is 1. The lowest BCUT2D eigenvalue weighted by molar-refractivity contribution is -0.134. The number of nitrogens with zero attached hydrogens (tertiary/aromatic N) is 1. The van der Waals surface area contributed by atoms with E-state index in [4.69, 9.17) is 4.74 Å². The van der Waals surface area contributed by atoms with Crippen LogP contribution >= 0.6 is 0 Å². The monoisotopic (exact) mass is 288 g/mol. The first-order valence-corrected chi connectivity index (χ1v) is 8.03. The fourth-order valence-electron chi connectivity index (χ4n) is 3.41. The van der Waals surface area contributed by atoms with E-state index in [-0.39, 0.29) is 11.8 Å². The number of hydrogen-bond donors (Lipinski definition) is 1. The van der Waals surface area contributed by atoms with Crippen molar-refractivity contribution in [3.05, 3.63) is 29.8 Å². The molecule has 4 nitrogen and oxygen atoms in total. The molecule has 1 aromatic rings. The van der Waals surface area contributed by atoms with Gasteiger partial charge in [0.15, 0.2) is 0 Å². The van der Waals surface area contributed by atoms with Gasteiger partial charge in [0.1, 0.15) is 5.75 Å². The van der Waals surface area contributed by atoms with Crippen LogP contribution in [0.4, 0.5) is 0 Å². The molecule has 1 atom stereocenters. The van der Waals surface area contributed by atoms with Gasteiger partial charge in [-0.05, 0) is 31.9 Å². The molecular weight excluding hydrogens is 264 g/mol. The molecule has 0 radical (unpaired) electrons. The Kier molecular flexibility index (Phi) is 4.44. The number of para-hydroxylation sites is 1. The van der Waals surface area contributed by atoms with Crippen LogP contribution in [0.2, 0.25) is 0 Å². The van der Waals surface area contributed by atoms with Crippen molar-refractivity contribution in [2.24, 2.45) is 0 Å². The highest BCUT2D eigenvalue weighted by molar-refractivity contribution is 5.85. The Bertz CT molecular complexity index is 495.